The molecule has 3 heterocycles. The first-order chi connectivity index (χ1) is 18.0. The summed E-state index contributed by atoms with van der Waals surface area (Å²) < 4.78 is 49.1. The lowest BCUT2D eigenvalue weighted by molar-refractivity contribution is -0.263. The van der Waals surface area contributed by atoms with Gasteiger partial charge in [0.15, 0.2) is 12.5 Å². The van der Waals surface area contributed by atoms with Gasteiger partial charge in [0, 0.05) is 24.6 Å². The largest absolute Gasteiger partial charge is 0.483 e. The van der Waals surface area contributed by atoms with Gasteiger partial charge in [-0.15, -0.1) is 0 Å². The van der Waals surface area contributed by atoms with Crippen molar-refractivity contribution in [2.45, 2.75) is 62.5 Å². The number of amides is 1. The predicted octanol–water partition coefficient (Wildman–Crippen LogP) is -2.87. The Morgan fingerprint density at radius 1 is 1.08 bits per heavy atom. The fourth-order valence-electron chi connectivity index (χ4n) is 4.08. The van der Waals surface area contributed by atoms with Gasteiger partial charge in [0.1, 0.15) is 42.1 Å². The molecule has 3 rings (SSSR count). The van der Waals surface area contributed by atoms with Crippen molar-refractivity contribution >= 4 is 27.3 Å². The molecule has 0 saturated carbocycles. The molecule has 1 amide bonds. The Bertz CT molecular complexity index is 1070. The van der Waals surface area contributed by atoms with Crippen molar-refractivity contribution in [3.63, 3.8) is 0 Å². The van der Waals surface area contributed by atoms with Crippen LogP contribution < -0.4 is 5.32 Å². The highest BCUT2D eigenvalue weighted by atomic mass is 31.3. The van der Waals surface area contributed by atoms with Gasteiger partial charge in [0.25, 0.3) is 5.91 Å². The van der Waals surface area contributed by atoms with Gasteiger partial charge in [-0.1, -0.05) is 6.58 Å². The lowest BCUT2D eigenvalue weighted by atomic mass is 9.87. The minimum absolute atomic E-state index is 0.00364. The molecule has 3 aliphatic heterocycles. The second kappa shape index (κ2) is 12.5. The first-order valence-electron chi connectivity index (χ1n) is 11.3. The monoisotopic (exact) mass is 604 g/mol. The molecule has 39 heavy (non-hydrogen) atoms. The maximum atomic E-state index is 12.5. The topological polar surface area (TPSA) is 271 Å². The van der Waals surface area contributed by atoms with Crippen LogP contribution in [0.3, 0.4) is 0 Å². The molecule has 0 spiro atoms. The third-order valence-corrected chi connectivity index (χ3v) is 8.55. The molecule has 8 N–H and O–H groups in total. The summed E-state index contributed by atoms with van der Waals surface area (Å²) in [5, 5.41) is 52.5. The number of ether oxygens (including phenoxy) is 2. The van der Waals surface area contributed by atoms with Gasteiger partial charge in [0.2, 0.25) is 0 Å². The van der Waals surface area contributed by atoms with E-state index in [0.29, 0.717) is 0 Å². The average Bonchev–Trinajstić information content (AvgIpc) is 3.10. The summed E-state index contributed by atoms with van der Waals surface area (Å²) in [6.45, 7) is 2.90. The molecule has 2 fully saturated rings. The number of phosphoric ester groups is 2. The SMILES string of the molecule is C=C1NC(=O)C=CN1[C@@H]1O[C@H](COP(=O)(O)OP(=O)(O)OC2OC(CO)C(O)C(O)C2CC(C)=O)[C@H](O)C1O. The quantitative estimate of drug-likeness (QED) is 0.110. The Hall–Kier alpha value is -1.60. The summed E-state index contributed by atoms with van der Waals surface area (Å²) in [7, 11) is -11.0. The Balaban J connectivity index is 1.63. The van der Waals surface area contributed by atoms with Gasteiger partial charge >= 0.3 is 15.6 Å². The summed E-state index contributed by atoms with van der Waals surface area (Å²) in [6, 6.07) is 0. The summed E-state index contributed by atoms with van der Waals surface area (Å²) in [4.78, 5) is 44.2. The molecular formula is C19H30N2O16P2. The number of nitrogens with one attached hydrogen (secondary N) is 1. The molecule has 0 aromatic rings. The second-order valence-electron chi connectivity index (χ2n) is 8.90. The molecule has 2 saturated heterocycles. The van der Waals surface area contributed by atoms with E-state index in [4.69, 9.17) is 14.0 Å². The molecular weight excluding hydrogens is 574 g/mol. The van der Waals surface area contributed by atoms with Crippen LogP contribution in [0.5, 0.6) is 0 Å². The predicted molar refractivity (Wildman–Crippen MR) is 123 cm³/mol. The van der Waals surface area contributed by atoms with Crippen molar-refractivity contribution < 1.29 is 76.9 Å². The first-order valence-corrected chi connectivity index (χ1v) is 14.3. The van der Waals surface area contributed by atoms with Gasteiger partial charge in [-0.25, -0.2) is 9.13 Å². The van der Waals surface area contributed by atoms with Crippen LogP contribution in [0.1, 0.15) is 13.3 Å². The molecule has 0 aliphatic carbocycles. The standard InChI is InChI=1S/C19H30N2O16P2/c1-8(23)5-10-14(25)15(26)11(6-22)35-19(10)36-39(31,32)37-38(29,30)33-7-12-16(27)17(28)18(34-12)21-4-3-13(24)20-9(21)2/h3-4,10-12,14-19,22,25-28H,2,5-7H2,1H3,(H,20,24)(H,29,30)(H,31,32)/t10?,11?,12-,14?,15?,16+,17?,18-,19?/m1/s1. The normalized spacial score (nSPS) is 38.3. The Labute approximate surface area is 221 Å². The lowest BCUT2D eigenvalue weighted by Crippen LogP contribution is -2.56. The molecule has 3 aliphatic rings. The summed E-state index contributed by atoms with van der Waals surface area (Å²) in [5.74, 6) is -2.45. The van der Waals surface area contributed by atoms with Crippen molar-refractivity contribution in [2.24, 2.45) is 5.92 Å². The molecule has 18 nitrogen and oxygen atoms in total. The fourth-order valence-corrected chi connectivity index (χ4v) is 6.27. The van der Waals surface area contributed by atoms with Crippen molar-refractivity contribution in [1.29, 1.82) is 0 Å². The van der Waals surface area contributed by atoms with E-state index in [1.807, 2.05) is 0 Å². The minimum Gasteiger partial charge on any atom is -0.394 e. The van der Waals surface area contributed by atoms with E-state index in [1.165, 1.54) is 11.1 Å². The summed E-state index contributed by atoms with van der Waals surface area (Å²) in [6.07, 6.45) is -11.1. The molecule has 0 aromatic carbocycles. The Morgan fingerprint density at radius 2 is 1.72 bits per heavy atom. The van der Waals surface area contributed by atoms with Crippen LogP contribution in [0.15, 0.2) is 24.7 Å². The highest BCUT2D eigenvalue weighted by molar-refractivity contribution is 7.61. The van der Waals surface area contributed by atoms with Crippen molar-refractivity contribution in [2.75, 3.05) is 13.2 Å². The van der Waals surface area contributed by atoms with E-state index in [-0.39, 0.29) is 5.82 Å². The molecule has 0 aromatic heterocycles. The number of rotatable bonds is 11. The molecule has 0 bridgehead atoms. The van der Waals surface area contributed by atoms with Crippen LogP contribution in [0, 0.1) is 5.92 Å². The van der Waals surface area contributed by atoms with E-state index in [2.05, 4.69) is 20.7 Å². The molecule has 0 radical (unpaired) electrons. The smallest absolute Gasteiger partial charge is 0.394 e. The highest BCUT2D eigenvalue weighted by Gasteiger charge is 2.50. The van der Waals surface area contributed by atoms with Crippen molar-refractivity contribution in [3.8, 4) is 0 Å². The number of hydrogen-bond acceptors (Lipinski definition) is 15. The number of aliphatic hydroxyl groups excluding tert-OH is 5. The van der Waals surface area contributed by atoms with Crippen LogP contribution in [-0.4, -0.2) is 114 Å². The molecule has 222 valence electrons. The van der Waals surface area contributed by atoms with E-state index in [1.54, 1.807) is 0 Å². The van der Waals surface area contributed by atoms with Crippen LogP contribution in [-0.2, 0) is 41.6 Å². The average molecular weight is 604 g/mol. The summed E-state index contributed by atoms with van der Waals surface area (Å²) in [5.41, 5.74) is 0. The number of nitrogens with zero attached hydrogens (tertiary/aromatic N) is 1. The van der Waals surface area contributed by atoms with Gasteiger partial charge in [0.05, 0.1) is 19.3 Å². The maximum absolute atomic E-state index is 12.5. The number of carbonyl (C=O) groups is 2. The van der Waals surface area contributed by atoms with E-state index in [0.717, 1.165) is 13.0 Å². The van der Waals surface area contributed by atoms with Gasteiger partial charge in [-0.3, -0.25) is 13.8 Å². The summed E-state index contributed by atoms with van der Waals surface area (Å²) >= 11 is 0. The fraction of sp³-hybridized carbons (Fsp3) is 0.684. The third-order valence-electron chi connectivity index (χ3n) is 5.95. The second-order valence-corrected chi connectivity index (χ2v) is 11.9. The minimum atomic E-state index is -5.55. The van der Waals surface area contributed by atoms with E-state index in [9.17, 15) is 54.0 Å². The first kappa shape index (κ1) is 31.9. The zero-order valence-corrected chi connectivity index (χ0v) is 22.1. The lowest BCUT2D eigenvalue weighted by Gasteiger charge is -2.41. The molecule has 8 unspecified atom stereocenters. The van der Waals surface area contributed by atoms with Crippen LogP contribution in [0.25, 0.3) is 0 Å². The van der Waals surface area contributed by atoms with Crippen molar-refractivity contribution in [1.82, 2.24) is 10.2 Å². The van der Waals surface area contributed by atoms with E-state index < -0.39 is 102 Å². The third kappa shape index (κ3) is 7.78. The number of hydrogen-bond donors (Lipinski definition) is 8. The van der Waals surface area contributed by atoms with Gasteiger partial charge in [-0.05, 0) is 6.92 Å². The van der Waals surface area contributed by atoms with Crippen molar-refractivity contribution in [3.05, 3.63) is 24.7 Å². The zero-order valence-electron chi connectivity index (χ0n) is 20.3. The number of aliphatic hydroxyl groups is 5. The van der Waals surface area contributed by atoms with E-state index >= 15 is 0 Å². The van der Waals surface area contributed by atoms with Crippen LogP contribution in [0.2, 0.25) is 0 Å². The van der Waals surface area contributed by atoms with Crippen LogP contribution >= 0.6 is 15.6 Å². The maximum Gasteiger partial charge on any atom is 0.483 e. The van der Waals surface area contributed by atoms with Gasteiger partial charge < -0.3 is 59.8 Å². The molecule has 11 atom stereocenters. The zero-order chi connectivity index (χ0) is 29.3. The number of carbonyl (C=O) groups excluding carboxylic acids is 2. The molecule has 20 heteroatoms. The number of Topliss-reactive ketones (excluding diaryl/α,β-unsaturated/α-hetero) is 1. The number of ketones is 1. The Morgan fingerprint density at radius 3 is 2.31 bits per heavy atom. The van der Waals surface area contributed by atoms with Crippen LogP contribution in [0.4, 0.5) is 0 Å². The highest BCUT2D eigenvalue weighted by Crippen LogP contribution is 2.61. The Kier molecular flexibility index (Phi) is 10.2. The number of phosphoric acid groups is 2. The van der Waals surface area contributed by atoms with Gasteiger partial charge in [-0.2, -0.15) is 4.31 Å².